The van der Waals surface area contributed by atoms with Crippen molar-refractivity contribution in [3.05, 3.63) is 30.1 Å². The van der Waals surface area contributed by atoms with Gasteiger partial charge in [0.25, 0.3) is 0 Å². The largest absolute Gasteiger partial charge is 1.00 e. The maximum absolute atomic E-state index is 8.66. The van der Waals surface area contributed by atoms with Crippen LogP contribution in [0.2, 0.25) is 0 Å². The van der Waals surface area contributed by atoms with Crippen molar-refractivity contribution in [2.45, 2.75) is 0 Å². The Balaban J connectivity index is 0.00000144. The number of nitrogens with zero attached hydrogens (tertiary/aromatic N) is 2. The Bertz CT molecular complexity index is 304. The topological polar surface area (TPSA) is 36.5 Å². The normalized spacial score (nSPS) is 10.8. The van der Waals surface area contributed by atoms with Crippen LogP contribution in [-0.4, -0.2) is 16.5 Å². The second-order valence-electron chi connectivity index (χ2n) is 2.31. The summed E-state index contributed by atoms with van der Waals surface area (Å²) in [5, 5.41) is 12.5. The van der Waals surface area contributed by atoms with E-state index in [4.69, 9.17) is 5.21 Å². The highest BCUT2D eigenvalue weighted by molar-refractivity contribution is 8.13. The summed E-state index contributed by atoms with van der Waals surface area (Å²) in [6.07, 6.45) is 3.79. The molecule has 0 saturated carbocycles. The molecule has 0 fully saturated rings. The smallest absolute Gasteiger partial charge is 0.240 e. The van der Waals surface area contributed by atoms with E-state index in [-0.39, 0.29) is 12.4 Å². The molecule has 0 aliphatic carbocycles. The maximum Gasteiger partial charge on any atom is 0.240 e. The van der Waals surface area contributed by atoms with Gasteiger partial charge in [-0.05, 0) is 12.3 Å². The second-order valence-corrected chi connectivity index (χ2v) is 3.10. The molecule has 72 valence electrons. The highest BCUT2D eigenvalue weighted by Crippen LogP contribution is 2.05. The summed E-state index contributed by atoms with van der Waals surface area (Å²) in [5.74, 6) is 0. The van der Waals surface area contributed by atoms with Crippen molar-refractivity contribution in [2.24, 2.45) is 12.2 Å². The van der Waals surface area contributed by atoms with E-state index in [0.29, 0.717) is 5.04 Å². The first-order valence-electron chi connectivity index (χ1n) is 3.50. The van der Waals surface area contributed by atoms with Gasteiger partial charge in [0, 0.05) is 12.1 Å². The van der Waals surface area contributed by atoms with Crippen LogP contribution >= 0.6 is 11.8 Å². The Morgan fingerprint density at radius 2 is 2.23 bits per heavy atom. The van der Waals surface area contributed by atoms with Gasteiger partial charge in [0.15, 0.2) is 6.20 Å². The van der Waals surface area contributed by atoms with E-state index in [1.54, 1.807) is 0 Å². The van der Waals surface area contributed by atoms with Crippen molar-refractivity contribution in [1.82, 2.24) is 0 Å². The molecule has 0 amide bonds. The number of hydrogen-bond donors (Lipinski definition) is 1. The van der Waals surface area contributed by atoms with Gasteiger partial charge in [-0.1, -0.05) is 16.9 Å². The fourth-order valence-electron chi connectivity index (χ4n) is 0.942. The van der Waals surface area contributed by atoms with E-state index < -0.39 is 0 Å². The lowest BCUT2D eigenvalue weighted by Crippen LogP contribution is -3.00. The van der Waals surface area contributed by atoms with Crippen LogP contribution < -0.4 is 17.0 Å². The Morgan fingerprint density at radius 1 is 1.54 bits per heavy atom. The molecule has 3 nitrogen and oxygen atoms in total. The van der Waals surface area contributed by atoms with E-state index in [1.165, 1.54) is 11.8 Å². The number of rotatable bonds is 1. The summed E-state index contributed by atoms with van der Waals surface area (Å²) in [6.45, 7) is 0. The van der Waals surface area contributed by atoms with Crippen LogP contribution in [0.1, 0.15) is 5.69 Å². The predicted octanol–water partition coefficient (Wildman–Crippen LogP) is -1.99. The van der Waals surface area contributed by atoms with Crippen LogP contribution in [0.4, 0.5) is 0 Å². The van der Waals surface area contributed by atoms with Gasteiger partial charge in [0.2, 0.25) is 10.7 Å². The minimum atomic E-state index is 0. The average Bonchev–Trinajstić information content (AvgIpc) is 2.10. The predicted molar refractivity (Wildman–Crippen MR) is 49.5 cm³/mol. The molecule has 0 bridgehead atoms. The second kappa shape index (κ2) is 5.83. The fraction of sp³-hybridized carbons (Fsp3) is 0.250. The molecule has 13 heavy (non-hydrogen) atoms. The lowest BCUT2D eigenvalue weighted by atomic mass is 10.3. The summed E-state index contributed by atoms with van der Waals surface area (Å²) in [4.78, 5) is 0. The quantitative estimate of drug-likeness (QED) is 0.195. The number of aryl methyl sites for hydroxylation is 1. The van der Waals surface area contributed by atoms with Crippen molar-refractivity contribution >= 4 is 16.8 Å². The highest BCUT2D eigenvalue weighted by Gasteiger charge is 2.12. The summed E-state index contributed by atoms with van der Waals surface area (Å²) in [5.41, 5.74) is 0.910. The first-order chi connectivity index (χ1) is 5.79. The van der Waals surface area contributed by atoms with Crippen molar-refractivity contribution < 1.29 is 22.2 Å². The zero-order valence-electron chi connectivity index (χ0n) is 7.44. The highest BCUT2D eigenvalue weighted by atomic mass is 35.5. The minimum absolute atomic E-state index is 0. The summed E-state index contributed by atoms with van der Waals surface area (Å²) >= 11 is 1.42. The van der Waals surface area contributed by atoms with Crippen molar-refractivity contribution in [3.63, 3.8) is 0 Å². The van der Waals surface area contributed by atoms with E-state index in [9.17, 15) is 0 Å². The molecule has 0 aromatic carbocycles. The maximum atomic E-state index is 8.66. The molecular weight excluding hydrogens is 208 g/mol. The standard InChI is InChI=1S/C8H10N2OS.ClH/c1-10-6-4-3-5-7(10)8(9-11)12-2;/h3-6H,1-2H3;1H. The van der Waals surface area contributed by atoms with Crippen LogP contribution in [0.5, 0.6) is 0 Å². The summed E-state index contributed by atoms with van der Waals surface area (Å²) < 4.78 is 1.91. The molecule has 0 aliphatic rings. The molecule has 0 unspecified atom stereocenters. The van der Waals surface area contributed by atoms with Crippen LogP contribution in [0, 0.1) is 0 Å². The molecule has 1 N–H and O–H groups in total. The number of oxime groups is 1. The third-order valence-corrected chi connectivity index (χ3v) is 2.24. The van der Waals surface area contributed by atoms with Gasteiger partial charge >= 0.3 is 0 Å². The minimum Gasteiger partial charge on any atom is -1.00 e. The molecule has 1 heterocycles. The van der Waals surface area contributed by atoms with Crippen molar-refractivity contribution in [3.8, 4) is 0 Å². The fourth-order valence-corrected chi connectivity index (χ4v) is 1.44. The van der Waals surface area contributed by atoms with Gasteiger partial charge in [-0.15, -0.1) is 0 Å². The summed E-state index contributed by atoms with van der Waals surface area (Å²) in [7, 11) is 1.91. The Kier molecular flexibility index (Phi) is 5.50. The first kappa shape index (κ1) is 12.3. The number of hydrogen-bond acceptors (Lipinski definition) is 3. The molecule has 0 saturated heterocycles. The van der Waals surface area contributed by atoms with Crippen molar-refractivity contribution in [1.29, 1.82) is 0 Å². The van der Waals surface area contributed by atoms with Gasteiger partial charge in [0.1, 0.15) is 7.05 Å². The molecule has 0 radical (unpaired) electrons. The first-order valence-corrected chi connectivity index (χ1v) is 4.73. The van der Waals surface area contributed by atoms with Gasteiger partial charge in [-0.25, -0.2) is 0 Å². The molecule has 5 heteroatoms. The SMILES string of the molecule is CSC(=NO)c1cccc[n+]1C.[Cl-]. The lowest BCUT2D eigenvalue weighted by Gasteiger charge is -1.97. The number of pyridine rings is 1. The van der Waals surface area contributed by atoms with E-state index >= 15 is 0 Å². The van der Waals surface area contributed by atoms with E-state index in [1.807, 2.05) is 42.3 Å². The van der Waals surface area contributed by atoms with Gasteiger partial charge in [0.05, 0.1) is 0 Å². The van der Waals surface area contributed by atoms with Gasteiger partial charge < -0.3 is 17.6 Å². The molecule has 0 atom stereocenters. The van der Waals surface area contributed by atoms with E-state index in [2.05, 4.69) is 5.16 Å². The number of thioether (sulfide) groups is 1. The Labute approximate surface area is 87.9 Å². The van der Waals surface area contributed by atoms with Crippen LogP contribution in [0.25, 0.3) is 0 Å². The van der Waals surface area contributed by atoms with Crippen molar-refractivity contribution in [2.75, 3.05) is 6.26 Å². The molecule has 1 aromatic rings. The summed E-state index contributed by atoms with van der Waals surface area (Å²) in [6, 6.07) is 5.75. The Hall–Kier alpha value is -0.740. The number of halogens is 1. The monoisotopic (exact) mass is 218 g/mol. The van der Waals surface area contributed by atoms with Crippen LogP contribution in [0.3, 0.4) is 0 Å². The zero-order valence-corrected chi connectivity index (χ0v) is 9.01. The third-order valence-electron chi connectivity index (χ3n) is 1.56. The Morgan fingerprint density at radius 3 is 2.69 bits per heavy atom. The molecule has 0 spiro atoms. The average molecular weight is 219 g/mol. The lowest BCUT2D eigenvalue weighted by molar-refractivity contribution is -0.672. The molecule has 0 aliphatic heterocycles. The zero-order chi connectivity index (χ0) is 8.97. The van der Waals surface area contributed by atoms with Crippen LogP contribution in [-0.2, 0) is 7.05 Å². The molecule has 1 aromatic heterocycles. The molecular formula is C8H11ClN2OS. The van der Waals surface area contributed by atoms with E-state index in [0.717, 1.165) is 5.69 Å². The molecule has 1 rings (SSSR count). The van der Waals surface area contributed by atoms with Gasteiger partial charge in [-0.3, -0.25) is 0 Å². The van der Waals surface area contributed by atoms with Gasteiger partial charge in [-0.2, -0.15) is 4.57 Å². The third kappa shape index (κ3) is 2.90. The number of aromatic nitrogens is 1. The van der Waals surface area contributed by atoms with Crippen LogP contribution in [0.15, 0.2) is 29.6 Å².